The summed E-state index contributed by atoms with van der Waals surface area (Å²) in [5, 5.41) is 8.84. The van der Waals surface area contributed by atoms with E-state index in [1.54, 1.807) is 6.07 Å². The minimum absolute atomic E-state index is 0.142. The Morgan fingerprint density at radius 1 is 1.47 bits per heavy atom. The molecule has 8 heteroatoms. The molecule has 0 amide bonds. The molecular weight excluding hydrogens is 287 g/mol. The van der Waals surface area contributed by atoms with Crippen molar-refractivity contribution in [1.29, 1.82) is 5.26 Å². The second-order valence-electron chi connectivity index (χ2n) is 3.25. The third-order valence-electron chi connectivity index (χ3n) is 2.14. The first-order valence-electron chi connectivity index (χ1n) is 4.80. The first-order chi connectivity index (χ1) is 8.84. The zero-order valence-corrected chi connectivity index (χ0v) is 10.3. The number of benzene rings is 1. The first kappa shape index (κ1) is 15.1. The monoisotopic (exact) mass is 293 g/mol. The van der Waals surface area contributed by atoms with E-state index in [0.29, 0.717) is 0 Å². The number of hydrogen-bond acceptors (Lipinski definition) is 4. The number of ether oxygens (including phenoxy) is 2. The van der Waals surface area contributed by atoms with Crippen LogP contribution in [0.3, 0.4) is 0 Å². The Kier molecular flexibility index (Phi) is 4.62. The highest BCUT2D eigenvalue weighted by atomic mass is 35.5. The van der Waals surface area contributed by atoms with Gasteiger partial charge in [-0.3, -0.25) is 0 Å². The molecule has 0 aliphatic rings. The minimum Gasteiger partial charge on any atom is -0.465 e. The number of methoxy groups -OCH3 is 1. The number of hydrogen-bond donors (Lipinski definition) is 0. The zero-order chi connectivity index (χ0) is 14.6. The zero-order valence-electron chi connectivity index (χ0n) is 9.55. The quantitative estimate of drug-likeness (QED) is 0.635. The third-order valence-corrected chi connectivity index (χ3v) is 2.41. The molecule has 4 nitrogen and oxygen atoms in total. The van der Waals surface area contributed by atoms with Crippen LogP contribution < -0.4 is 4.74 Å². The molecule has 0 atom stereocenters. The van der Waals surface area contributed by atoms with Crippen molar-refractivity contribution in [2.75, 3.05) is 7.11 Å². The van der Waals surface area contributed by atoms with E-state index in [1.807, 2.05) is 0 Å². The number of nitriles is 1. The number of carbonyl (C=O) groups is 1. The largest absolute Gasteiger partial charge is 0.573 e. The van der Waals surface area contributed by atoms with Gasteiger partial charge in [0, 0.05) is 5.56 Å². The number of halogens is 4. The van der Waals surface area contributed by atoms with E-state index in [4.69, 9.17) is 16.9 Å². The summed E-state index contributed by atoms with van der Waals surface area (Å²) in [4.78, 5) is 11.5. The molecule has 0 fully saturated rings. The lowest BCUT2D eigenvalue weighted by Gasteiger charge is -2.15. The lowest BCUT2D eigenvalue weighted by atomic mass is 10.0. The summed E-state index contributed by atoms with van der Waals surface area (Å²) in [5.74, 6) is -2.03. The molecule has 0 aromatic heterocycles. The van der Waals surface area contributed by atoms with Gasteiger partial charge in [0.15, 0.2) is 0 Å². The third kappa shape index (κ3) is 3.51. The highest BCUT2D eigenvalue weighted by Crippen LogP contribution is 2.32. The topological polar surface area (TPSA) is 59.3 Å². The standard InChI is InChI=1S/C11H7ClF3NO3/c1-18-10(17)9-6(5-16)2-3-8(7(9)4-12)19-11(13,14)15/h2-3H,4H2,1H3. The average Bonchev–Trinajstić information content (AvgIpc) is 2.35. The van der Waals surface area contributed by atoms with Crippen LogP contribution in [-0.2, 0) is 10.6 Å². The molecule has 1 rings (SSSR count). The highest BCUT2D eigenvalue weighted by molar-refractivity contribution is 6.18. The van der Waals surface area contributed by atoms with Crippen LogP contribution in [0.2, 0.25) is 0 Å². The van der Waals surface area contributed by atoms with Gasteiger partial charge < -0.3 is 9.47 Å². The van der Waals surface area contributed by atoms with Crippen molar-refractivity contribution in [3.63, 3.8) is 0 Å². The van der Waals surface area contributed by atoms with Gasteiger partial charge in [0.05, 0.1) is 24.1 Å². The van der Waals surface area contributed by atoms with E-state index in [-0.39, 0.29) is 16.7 Å². The van der Waals surface area contributed by atoms with Crippen molar-refractivity contribution in [2.45, 2.75) is 12.2 Å². The Bertz CT molecular complexity index is 537. The van der Waals surface area contributed by atoms with Crippen molar-refractivity contribution in [2.24, 2.45) is 0 Å². The van der Waals surface area contributed by atoms with E-state index in [0.717, 1.165) is 19.2 Å². The predicted octanol–water partition coefficient (Wildman–Crippen LogP) is 2.98. The molecule has 19 heavy (non-hydrogen) atoms. The van der Waals surface area contributed by atoms with Gasteiger partial charge in [-0.05, 0) is 12.1 Å². The molecule has 0 aliphatic heterocycles. The molecule has 0 bridgehead atoms. The van der Waals surface area contributed by atoms with Crippen LogP contribution in [0.15, 0.2) is 12.1 Å². The molecule has 0 aliphatic carbocycles. The van der Waals surface area contributed by atoms with Gasteiger partial charge >= 0.3 is 12.3 Å². The summed E-state index contributed by atoms with van der Waals surface area (Å²) in [5.41, 5.74) is -0.719. The second-order valence-corrected chi connectivity index (χ2v) is 3.52. The lowest BCUT2D eigenvalue weighted by molar-refractivity contribution is -0.274. The van der Waals surface area contributed by atoms with E-state index >= 15 is 0 Å². The van der Waals surface area contributed by atoms with Gasteiger partial charge in [-0.25, -0.2) is 4.79 Å². The number of esters is 1. The number of nitrogens with zero attached hydrogens (tertiary/aromatic N) is 1. The van der Waals surface area contributed by atoms with Gasteiger partial charge in [0.2, 0.25) is 0 Å². The van der Waals surface area contributed by atoms with Crippen LogP contribution in [0.1, 0.15) is 21.5 Å². The van der Waals surface area contributed by atoms with E-state index in [1.165, 1.54) is 0 Å². The first-order valence-corrected chi connectivity index (χ1v) is 5.33. The summed E-state index contributed by atoms with van der Waals surface area (Å²) < 4.78 is 44.8. The average molecular weight is 294 g/mol. The molecule has 0 spiro atoms. The predicted molar refractivity (Wildman–Crippen MR) is 58.7 cm³/mol. The normalized spacial score (nSPS) is 10.7. The van der Waals surface area contributed by atoms with Crippen LogP contribution in [0.4, 0.5) is 13.2 Å². The fourth-order valence-electron chi connectivity index (χ4n) is 1.41. The maximum absolute atomic E-state index is 12.2. The molecule has 1 aromatic rings. The van der Waals surface area contributed by atoms with Crippen molar-refractivity contribution >= 4 is 17.6 Å². The van der Waals surface area contributed by atoms with Crippen LogP contribution in [0.25, 0.3) is 0 Å². The van der Waals surface area contributed by atoms with Crippen molar-refractivity contribution in [3.05, 3.63) is 28.8 Å². The molecule has 0 radical (unpaired) electrons. The Morgan fingerprint density at radius 3 is 2.53 bits per heavy atom. The van der Waals surface area contributed by atoms with Crippen LogP contribution in [0, 0.1) is 11.3 Å². The molecule has 102 valence electrons. The van der Waals surface area contributed by atoms with Crippen LogP contribution in [0.5, 0.6) is 5.75 Å². The molecular formula is C11H7ClF3NO3. The second kappa shape index (κ2) is 5.80. The summed E-state index contributed by atoms with van der Waals surface area (Å²) in [6.45, 7) is 0. The van der Waals surface area contributed by atoms with Crippen molar-refractivity contribution in [1.82, 2.24) is 0 Å². The van der Waals surface area contributed by atoms with Gasteiger partial charge in [-0.2, -0.15) is 5.26 Å². The van der Waals surface area contributed by atoms with Gasteiger partial charge in [0.25, 0.3) is 0 Å². The maximum Gasteiger partial charge on any atom is 0.573 e. The van der Waals surface area contributed by atoms with Crippen molar-refractivity contribution in [3.8, 4) is 11.8 Å². The maximum atomic E-state index is 12.2. The Morgan fingerprint density at radius 2 is 2.11 bits per heavy atom. The van der Waals surface area contributed by atoms with E-state index < -0.39 is 24.0 Å². The fraction of sp³-hybridized carbons (Fsp3) is 0.273. The van der Waals surface area contributed by atoms with Gasteiger partial charge in [-0.15, -0.1) is 24.8 Å². The number of carbonyl (C=O) groups excluding carboxylic acids is 1. The lowest BCUT2D eigenvalue weighted by Crippen LogP contribution is -2.19. The summed E-state index contributed by atoms with van der Waals surface area (Å²) >= 11 is 5.53. The SMILES string of the molecule is COC(=O)c1c(C#N)ccc(OC(F)(F)F)c1CCl. The smallest absolute Gasteiger partial charge is 0.465 e. The summed E-state index contributed by atoms with van der Waals surface area (Å²) in [7, 11) is 1.04. The Balaban J connectivity index is 3.45. The Hall–Kier alpha value is -1.94. The van der Waals surface area contributed by atoms with Crippen molar-refractivity contribution < 1.29 is 27.4 Å². The molecule has 1 aromatic carbocycles. The molecule has 0 N–H and O–H groups in total. The van der Waals surface area contributed by atoms with Crippen LogP contribution in [-0.4, -0.2) is 19.4 Å². The molecule has 0 heterocycles. The summed E-state index contributed by atoms with van der Waals surface area (Å²) in [6, 6.07) is 3.64. The Labute approximate surface area is 111 Å². The number of rotatable bonds is 3. The molecule has 0 saturated carbocycles. The van der Waals surface area contributed by atoms with E-state index in [2.05, 4.69) is 9.47 Å². The molecule has 0 unspecified atom stereocenters. The fourth-order valence-corrected chi connectivity index (χ4v) is 1.68. The van der Waals surface area contributed by atoms with Gasteiger partial charge in [-0.1, -0.05) is 0 Å². The molecule has 0 saturated heterocycles. The van der Waals surface area contributed by atoms with E-state index in [9.17, 15) is 18.0 Å². The minimum atomic E-state index is -4.93. The van der Waals surface area contributed by atoms with Gasteiger partial charge in [0.1, 0.15) is 11.8 Å². The van der Waals surface area contributed by atoms with Crippen LogP contribution >= 0.6 is 11.6 Å². The number of alkyl halides is 4. The summed E-state index contributed by atoms with van der Waals surface area (Å²) in [6.07, 6.45) is -4.93. The highest BCUT2D eigenvalue weighted by Gasteiger charge is 2.33.